The fourth-order valence-electron chi connectivity index (χ4n) is 3.92. The molecule has 1 aromatic rings. The van der Waals surface area contributed by atoms with Crippen LogP contribution in [-0.4, -0.2) is 48.6 Å². The molecule has 0 saturated carbocycles. The van der Waals surface area contributed by atoms with E-state index in [0.717, 1.165) is 12.6 Å². The lowest BCUT2D eigenvalue weighted by Crippen LogP contribution is -2.37. The summed E-state index contributed by atoms with van der Waals surface area (Å²) >= 11 is 0. The lowest BCUT2D eigenvalue weighted by molar-refractivity contribution is 0.228. The maximum absolute atomic E-state index is 6.49. The van der Waals surface area contributed by atoms with Crippen LogP contribution in [-0.2, 0) is 0 Å². The highest BCUT2D eigenvalue weighted by Gasteiger charge is 2.30. The van der Waals surface area contributed by atoms with Crippen molar-refractivity contribution in [2.24, 2.45) is 5.73 Å². The Morgan fingerprint density at radius 1 is 1.19 bits per heavy atom. The number of rotatable bonds is 4. The maximum atomic E-state index is 6.49. The molecule has 2 heterocycles. The van der Waals surface area contributed by atoms with E-state index in [1.165, 1.54) is 62.1 Å². The van der Waals surface area contributed by atoms with Crippen LogP contribution in [0, 0.1) is 13.8 Å². The Morgan fingerprint density at radius 2 is 1.95 bits per heavy atom. The van der Waals surface area contributed by atoms with Crippen LogP contribution in [0.5, 0.6) is 0 Å². The average molecular weight is 287 g/mol. The highest BCUT2D eigenvalue weighted by molar-refractivity contribution is 5.33. The molecule has 2 saturated heterocycles. The first kappa shape index (κ1) is 15.0. The fourth-order valence-corrected chi connectivity index (χ4v) is 3.92. The fraction of sp³-hybridized carbons (Fsp3) is 0.667. The van der Waals surface area contributed by atoms with Gasteiger partial charge in [-0.3, -0.25) is 9.80 Å². The third-order valence-electron chi connectivity index (χ3n) is 5.19. The van der Waals surface area contributed by atoms with Crippen molar-refractivity contribution in [3.05, 3.63) is 34.9 Å². The van der Waals surface area contributed by atoms with Gasteiger partial charge in [-0.25, -0.2) is 0 Å². The van der Waals surface area contributed by atoms with Crippen LogP contribution in [0.15, 0.2) is 18.2 Å². The maximum Gasteiger partial charge on any atom is 0.0427 e. The van der Waals surface area contributed by atoms with Gasteiger partial charge in [0.1, 0.15) is 0 Å². The Bertz CT molecular complexity index is 479. The summed E-state index contributed by atoms with van der Waals surface area (Å²) in [6.07, 6.45) is 4.09. The topological polar surface area (TPSA) is 32.5 Å². The third kappa shape index (κ3) is 3.47. The zero-order valence-corrected chi connectivity index (χ0v) is 13.5. The van der Waals surface area contributed by atoms with Crippen LogP contribution in [0.1, 0.15) is 42.0 Å². The molecular formula is C18H29N3. The molecular weight excluding hydrogens is 258 g/mol. The van der Waals surface area contributed by atoms with Crippen molar-refractivity contribution in [2.45, 2.75) is 45.2 Å². The van der Waals surface area contributed by atoms with Gasteiger partial charge in [0.2, 0.25) is 0 Å². The molecule has 2 fully saturated rings. The SMILES string of the molecule is Cc1ccc(C)c(C(N)CN2CCC(N3CCCC3)C2)c1. The van der Waals surface area contributed by atoms with E-state index >= 15 is 0 Å². The van der Waals surface area contributed by atoms with Crippen LogP contribution < -0.4 is 5.73 Å². The van der Waals surface area contributed by atoms with Crippen LogP contribution in [0.4, 0.5) is 0 Å². The van der Waals surface area contributed by atoms with E-state index in [2.05, 4.69) is 41.8 Å². The molecule has 2 unspecified atom stereocenters. The molecule has 3 nitrogen and oxygen atoms in total. The second-order valence-electron chi connectivity index (χ2n) is 6.91. The first-order valence-corrected chi connectivity index (χ1v) is 8.42. The summed E-state index contributed by atoms with van der Waals surface area (Å²) < 4.78 is 0. The van der Waals surface area contributed by atoms with Crippen LogP contribution in [0.3, 0.4) is 0 Å². The summed E-state index contributed by atoms with van der Waals surface area (Å²) in [5, 5.41) is 0. The highest BCUT2D eigenvalue weighted by Crippen LogP contribution is 2.23. The van der Waals surface area contributed by atoms with Crippen molar-refractivity contribution in [3.63, 3.8) is 0 Å². The van der Waals surface area contributed by atoms with Crippen molar-refractivity contribution in [1.82, 2.24) is 9.80 Å². The molecule has 2 aliphatic heterocycles. The van der Waals surface area contributed by atoms with E-state index in [1.54, 1.807) is 0 Å². The number of nitrogens with two attached hydrogens (primary N) is 1. The Morgan fingerprint density at radius 3 is 2.71 bits per heavy atom. The zero-order chi connectivity index (χ0) is 14.8. The molecule has 1 aromatic carbocycles. The smallest absolute Gasteiger partial charge is 0.0427 e. The van der Waals surface area contributed by atoms with Crippen molar-refractivity contribution >= 4 is 0 Å². The molecule has 21 heavy (non-hydrogen) atoms. The second-order valence-corrected chi connectivity index (χ2v) is 6.91. The van der Waals surface area contributed by atoms with Gasteiger partial charge < -0.3 is 5.73 Å². The van der Waals surface area contributed by atoms with Gasteiger partial charge in [0.25, 0.3) is 0 Å². The standard InChI is InChI=1S/C18H29N3/c1-14-5-6-15(2)17(11-14)18(19)13-20-10-7-16(12-20)21-8-3-4-9-21/h5-6,11,16,18H,3-4,7-10,12-13,19H2,1-2H3. The van der Waals surface area contributed by atoms with Gasteiger partial charge in [-0.05, 0) is 63.9 Å². The summed E-state index contributed by atoms with van der Waals surface area (Å²) in [4.78, 5) is 5.25. The molecule has 0 bridgehead atoms. The molecule has 2 N–H and O–H groups in total. The van der Waals surface area contributed by atoms with Gasteiger partial charge in [0.15, 0.2) is 0 Å². The Hall–Kier alpha value is -0.900. The molecule has 0 amide bonds. The number of aryl methyl sites for hydroxylation is 2. The normalized spacial score (nSPS) is 25.6. The highest BCUT2D eigenvalue weighted by atomic mass is 15.3. The molecule has 3 rings (SSSR count). The predicted molar refractivity (Wildman–Crippen MR) is 88.5 cm³/mol. The minimum absolute atomic E-state index is 0.141. The number of hydrogen-bond acceptors (Lipinski definition) is 3. The zero-order valence-electron chi connectivity index (χ0n) is 13.5. The monoisotopic (exact) mass is 287 g/mol. The lowest BCUT2D eigenvalue weighted by Gasteiger charge is -2.25. The number of hydrogen-bond donors (Lipinski definition) is 1. The van der Waals surface area contributed by atoms with E-state index in [1.807, 2.05) is 0 Å². The van der Waals surface area contributed by atoms with Crippen molar-refractivity contribution in [1.29, 1.82) is 0 Å². The molecule has 0 aliphatic carbocycles. The van der Waals surface area contributed by atoms with Gasteiger partial charge in [-0.15, -0.1) is 0 Å². The van der Waals surface area contributed by atoms with E-state index in [4.69, 9.17) is 5.73 Å². The van der Waals surface area contributed by atoms with Gasteiger partial charge in [-0.1, -0.05) is 23.8 Å². The van der Waals surface area contributed by atoms with E-state index in [0.29, 0.717) is 0 Å². The van der Waals surface area contributed by atoms with Gasteiger partial charge in [0, 0.05) is 25.2 Å². The molecule has 116 valence electrons. The quantitative estimate of drug-likeness (QED) is 0.923. The first-order chi connectivity index (χ1) is 10.1. The predicted octanol–water partition coefficient (Wildman–Crippen LogP) is 2.47. The number of nitrogens with zero attached hydrogens (tertiary/aromatic N) is 2. The molecule has 3 heteroatoms. The van der Waals surface area contributed by atoms with E-state index < -0.39 is 0 Å². The minimum Gasteiger partial charge on any atom is -0.323 e. The molecule has 2 aliphatic rings. The lowest BCUT2D eigenvalue weighted by atomic mass is 9.99. The average Bonchev–Trinajstić information content (AvgIpc) is 3.11. The van der Waals surface area contributed by atoms with E-state index in [9.17, 15) is 0 Å². The minimum atomic E-state index is 0.141. The molecule has 0 aromatic heterocycles. The molecule has 0 radical (unpaired) electrons. The summed E-state index contributed by atoms with van der Waals surface area (Å²) in [6, 6.07) is 7.54. The van der Waals surface area contributed by atoms with E-state index in [-0.39, 0.29) is 6.04 Å². The molecule has 2 atom stereocenters. The summed E-state index contributed by atoms with van der Waals surface area (Å²) in [5.41, 5.74) is 10.4. The number of benzene rings is 1. The van der Waals surface area contributed by atoms with Crippen molar-refractivity contribution < 1.29 is 0 Å². The summed E-state index contributed by atoms with van der Waals surface area (Å²) in [5.74, 6) is 0. The van der Waals surface area contributed by atoms with Gasteiger partial charge in [0.05, 0.1) is 0 Å². The van der Waals surface area contributed by atoms with Gasteiger partial charge in [-0.2, -0.15) is 0 Å². The van der Waals surface area contributed by atoms with Crippen LogP contribution >= 0.6 is 0 Å². The van der Waals surface area contributed by atoms with Crippen LogP contribution in [0.2, 0.25) is 0 Å². The number of likely N-dealkylation sites (tertiary alicyclic amines) is 2. The van der Waals surface area contributed by atoms with Gasteiger partial charge >= 0.3 is 0 Å². The second kappa shape index (κ2) is 6.47. The first-order valence-electron chi connectivity index (χ1n) is 8.42. The Balaban J connectivity index is 1.58. The Labute approximate surface area is 129 Å². The Kier molecular flexibility index (Phi) is 4.63. The summed E-state index contributed by atoms with van der Waals surface area (Å²) in [6.45, 7) is 10.3. The third-order valence-corrected chi connectivity index (χ3v) is 5.19. The molecule has 0 spiro atoms. The van der Waals surface area contributed by atoms with Crippen LogP contribution in [0.25, 0.3) is 0 Å². The summed E-state index contributed by atoms with van der Waals surface area (Å²) in [7, 11) is 0. The van der Waals surface area contributed by atoms with Crippen molar-refractivity contribution in [3.8, 4) is 0 Å². The van der Waals surface area contributed by atoms with Crippen molar-refractivity contribution in [2.75, 3.05) is 32.7 Å². The largest absolute Gasteiger partial charge is 0.323 e.